The van der Waals surface area contributed by atoms with E-state index in [1.165, 1.54) is 0 Å². The van der Waals surface area contributed by atoms with Crippen molar-refractivity contribution < 1.29 is 4.79 Å². The number of nitrogens with zero attached hydrogens (tertiary/aromatic N) is 3. The van der Waals surface area contributed by atoms with Crippen molar-refractivity contribution in [2.24, 2.45) is 0 Å². The van der Waals surface area contributed by atoms with E-state index in [1.807, 2.05) is 39.8 Å². The number of amides is 1. The molecule has 0 bridgehead atoms. The van der Waals surface area contributed by atoms with Gasteiger partial charge in [0.15, 0.2) is 0 Å². The highest BCUT2D eigenvalue weighted by atomic mass is 16.2. The summed E-state index contributed by atoms with van der Waals surface area (Å²) in [5, 5.41) is 15.8. The van der Waals surface area contributed by atoms with Gasteiger partial charge in [-0.3, -0.25) is 14.6 Å². The summed E-state index contributed by atoms with van der Waals surface area (Å²) in [6.07, 6.45) is 0.660. The molecule has 4 rings (SSSR count). The molecule has 1 aromatic heterocycles. The first-order chi connectivity index (χ1) is 14.6. The summed E-state index contributed by atoms with van der Waals surface area (Å²) in [5.41, 5.74) is 3.91. The van der Waals surface area contributed by atoms with Gasteiger partial charge in [-0.15, -0.1) is 5.10 Å². The van der Waals surface area contributed by atoms with Gasteiger partial charge in [0.1, 0.15) is 6.07 Å². The number of carbonyl (C=O) groups excluding carboxylic acids is 1. The molecule has 2 aromatic carbocycles. The third-order valence-electron chi connectivity index (χ3n) is 5.81. The number of hydrogen-bond acceptors (Lipinski definition) is 5. The summed E-state index contributed by atoms with van der Waals surface area (Å²) in [4.78, 5) is 38.1. The molecule has 1 aliphatic rings. The van der Waals surface area contributed by atoms with E-state index in [0.29, 0.717) is 12.1 Å². The van der Waals surface area contributed by atoms with E-state index < -0.39 is 16.7 Å². The van der Waals surface area contributed by atoms with E-state index in [1.54, 1.807) is 18.2 Å². The minimum absolute atomic E-state index is 0.00746. The van der Waals surface area contributed by atoms with Gasteiger partial charge in [0.2, 0.25) is 11.6 Å². The van der Waals surface area contributed by atoms with Crippen molar-refractivity contribution in [3.05, 3.63) is 84.7 Å². The van der Waals surface area contributed by atoms with Crippen molar-refractivity contribution >= 4 is 11.6 Å². The molecule has 0 atom stereocenters. The number of aryl methyl sites for hydroxylation is 2. The summed E-state index contributed by atoms with van der Waals surface area (Å²) >= 11 is 0. The zero-order valence-electron chi connectivity index (χ0n) is 17.7. The number of anilines is 1. The molecule has 2 N–H and O–H groups in total. The zero-order valence-corrected chi connectivity index (χ0v) is 17.7. The van der Waals surface area contributed by atoms with E-state index >= 15 is 0 Å². The molecule has 1 amide bonds. The lowest BCUT2D eigenvalue weighted by Gasteiger charge is -2.17. The van der Waals surface area contributed by atoms with Crippen LogP contribution in [0.3, 0.4) is 0 Å². The van der Waals surface area contributed by atoms with Crippen LogP contribution in [0.15, 0.2) is 39.9 Å². The Hall–Kier alpha value is -3.99. The number of carbonyl (C=O) groups is 1. The number of hydrogen-bond donors (Lipinski definition) is 2. The van der Waals surface area contributed by atoms with E-state index in [0.717, 1.165) is 38.2 Å². The molecule has 0 radical (unpaired) electrons. The standard InChI is InChI=1S/C23H21N5O3/c1-12-7-15(28-22(31)26-20(29)19(11-24)27-28)8-13(2)16(12)9-14-5-6-18-17(10-14)23(3,4)21(30)25-18/h5-8,10H,9H2,1-4H3,(H,25,30)(H,26,29,31). The van der Waals surface area contributed by atoms with E-state index in [2.05, 4.69) is 21.5 Å². The molecule has 156 valence electrons. The van der Waals surface area contributed by atoms with Crippen LogP contribution >= 0.6 is 0 Å². The number of aromatic nitrogens is 3. The highest BCUT2D eigenvalue weighted by Gasteiger charge is 2.38. The third-order valence-corrected chi connectivity index (χ3v) is 5.81. The van der Waals surface area contributed by atoms with Crippen LogP contribution in [-0.4, -0.2) is 20.7 Å². The topological polar surface area (TPSA) is 121 Å². The SMILES string of the molecule is Cc1cc(-n2nc(C#N)c(=O)[nH]c2=O)cc(C)c1Cc1ccc2c(c1)C(C)(C)C(=O)N2. The fraction of sp³-hybridized carbons (Fsp3) is 0.261. The van der Waals surface area contributed by atoms with Crippen LogP contribution in [0.1, 0.15) is 47.4 Å². The maximum atomic E-state index is 12.2. The largest absolute Gasteiger partial charge is 0.349 e. The van der Waals surface area contributed by atoms with E-state index in [9.17, 15) is 14.4 Å². The Labute approximate surface area is 178 Å². The van der Waals surface area contributed by atoms with Crippen molar-refractivity contribution in [1.82, 2.24) is 14.8 Å². The van der Waals surface area contributed by atoms with Crippen LogP contribution in [0.2, 0.25) is 0 Å². The number of H-pyrrole nitrogens is 1. The molecule has 0 fully saturated rings. The third kappa shape index (κ3) is 3.34. The summed E-state index contributed by atoms with van der Waals surface area (Å²) in [7, 11) is 0. The highest BCUT2D eigenvalue weighted by Crippen LogP contribution is 2.38. The number of benzene rings is 2. The lowest BCUT2D eigenvalue weighted by atomic mass is 9.84. The fourth-order valence-electron chi connectivity index (χ4n) is 3.95. The van der Waals surface area contributed by atoms with Crippen molar-refractivity contribution in [3.63, 3.8) is 0 Å². The van der Waals surface area contributed by atoms with E-state index in [-0.39, 0.29) is 11.6 Å². The first-order valence-corrected chi connectivity index (χ1v) is 9.81. The molecule has 0 aliphatic carbocycles. The number of aromatic amines is 1. The Bertz CT molecular complexity index is 1380. The minimum atomic E-state index is -0.804. The molecule has 31 heavy (non-hydrogen) atoms. The second-order valence-corrected chi connectivity index (χ2v) is 8.33. The fourth-order valence-corrected chi connectivity index (χ4v) is 3.95. The first-order valence-electron chi connectivity index (χ1n) is 9.81. The van der Waals surface area contributed by atoms with Crippen LogP contribution in [0.25, 0.3) is 5.69 Å². The molecule has 0 spiro atoms. The second-order valence-electron chi connectivity index (χ2n) is 8.33. The molecular formula is C23H21N5O3. The van der Waals surface area contributed by atoms with Gasteiger partial charge in [0.05, 0.1) is 11.1 Å². The maximum Gasteiger partial charge on any atom is 0.349 e. The first kappa shape index (κ1) is 20.3. The van der Waals surface area contributed by atoms with Gasteiger partial charge >= 0.3 is 5.69 Å². The van der Waals surface area contributed by atoms with Gasteiger partial charge < -0.3 is 5.32 Å². The normalized spacial score (nSPS) is 14.1. The number of nitriles is 1. The number of rotatable bonds is 3. The molecule has 8 nitrogen and oxygen atoms in total. The maximum absolute atomic E-state index is 12.2. The number of fused-ring (bicyclic) bond motifs is 1. The van der Waals surface area contributed by atoms with Gasteiger partial charge in [0, 0.05) is 5.69 Å². The van der Waals surface area contributed by atoms with Crippen molar-refractivity contribution in [1.29, 1.82) is 5.26 Å². The lowest BCUT2D eigenvalue weighted by Crippen LogP contribution is -2.33. The van der Waals surface area contributed by atoms with E-state index in [4.69, 9.17) is 5.26 Å². The average Bonchev–Trinajstić information content (AvgIpc) is 2.93. The van der Waals surface area contributed by atoms with Gasteiger partial charge in [-0.2, -0.15) is 9.94 Å². The Kier molecular flexibility index (Phi) is 4.62. The number of nitrogens with one attached hydrogen (secondary N) is 2. The smallest absolute Gasteiger partial charge is 0.325 e. The monoisotopic (exact) mass is 415 g/mol. The molecular weight excluding hydrogens is 394 g/mol. The van der Waals surface area contributed by atoms with Crippen molar-refractivity contribution in [2.45, 2.75) is 39.5 Å². The second kappa shape index (κ2) is 7.06. The van der Waals surface area contributed by atoms with Crippen LogP contribution < -0.4 is 16.6 Å². The molecule has 2 heterocycles. The van der Waals surface area contributed by atoms with Crippen LogP contribution in [0, 0.1) is 25.2 Å². The van der Waals surface area contributed by atoms with Gasteiger partial charge in [-0.1, -0.05) is 12.1 Å². The molecule has 0 saturated heterocycles. The predicted octanol–water partition coefficient (Wildman–Crippen LogP) is 2.23. The summed E-state index contributed by atoms with van der Waals surface area (Å²) in [6, 6.07) is 11.3. The van der Waals surface area contributed by atoms with Crippen LogP contribution in [0.4, 0.5) is 5.69 Å². The average molecular weight is 415 g/mol. The Balaban J connectivity index is 1.73. The van der Waals surface area contributed by atoms with Crippen molar-refractivity contribution in [2.75, 3.05) is 5.32 Å². The highest BCUT2D eigenvalue weighted by molar-refractivity contribution is 6.05. The summed E-state index contributed by atoms with van der Waals surface area (Å²) in [5.74, 6) is -0.00746. The Morgan fingerprint density at radius 2 is 1.77 bits per heavy atom. The molecule has 8 heteroatoms. The van der Waals surface area contributed by atoms with Gasteiger partial charge in [0.25, 0.3) is 5.56 Å². The minimum Gasteiger partial charge on any atom is -0.325 e. The zero-order chi connectivity index (χ0) is 22.5. The van der Waals surface area contributed by atoms with Crippen molar-refractivity contribution in [3.8, 4) is 11.8 Å². The molecule has 3 aromatic rings. The summed E-state index contributed by atoms with van der Waals surface area (Å²) in [6.45, 7) is 7.70. The van der Waals surface area contributed by atoms with Gasteiger partial charge in [-0.25, -0.2) is 4.79 Å². The Morgan fingerprint density at radius 1 is 1.10 bits per heavy atom. The quantitative estimate of drug-likeness (QED) is 0.680. The lowest BCUT2D eigenvalue weighted by molar-refractivity contribution is -0.119. The predicted molar refractivity (Wildman–Crippen MR) is 116 cm³/mol. The van der Waals surface area contributed by atoms with Crippen LogP contribution in [0.5, 0.6) is 0 Å². The van der Waals surface area contributed by atoms with Gasteiger partial charge in [-0.05, 0) is 80.1 Å². The van der Waals surface area contributed by atoms with Crippen LogP contribution in [-0.2, 0) is 16.6 Å². The molecule has 1 aliphatic heterocycles. The molecule has 0 unspecified atom stereocenters. The summed E-state index contributed by atoms with van der Waals surface area (Å²) < 4.78 is 1.03. The molecule has 0 saturated carbocycles. The Morgan fingerprint density at radius 3 is 2.42 bits per heavy atom.